The highest BCUT2D eigenvalue weighted by atomic mass is 19.1. The summed E-state index contributed by atoms with van der Waals surface area (Å²) in [6.07, 6.45) is 2.93. The molecule has 0 saturated heterocycles. The van der Waals surface area contributed by atoms with Gasteiger partial charge in [0.25, 0.3) is 0 Å². The van der Waals surface area contributed by atoms with Crippen LogP contribution in [0.2, 0.25) is 0 Å². The van der Waals surface area contributed by atoms with Crippen molar-refractivity contribution in [3.05, 3.63) is 59.7 Å². The molecule has 1 aromatic carbocycles. The van der Waals surface area contributed by atoms with Crippen LogP contribution in [-0.2, 0) is 0 Å². The smallest absolute Gasteiger partial charge is 0.167 e. The number of pyridine rings is 1. The number of ether oxygens (including phenoxy) is 1. The lowest BCUT2D eigenvalue weighted by Crippen LogP contribution is -2.29. The normalized spacial score (nSPS) is 13.9. The van der Waals surface area contributed by atoms with Crippen molar-refractivity contribution in [3.63, 3.8) is 0 Å². The van der Waals surface area contributed by atoms with E-state index in [9.17, 15) is 4.39 Å². The lowest BCUT2D eigenvalue weighted by molar-refractivity contribution is 0.172. The Bertz CT molecular complexity index is 543. The van der Waals surface area contributed by atoms with Crippen molar-refractivity contribution in [2.75, 3.05) is 0 Å². The molecule has 19 heavy (non-hydrogen) atoms. The number of benzene rings is 1. The van der Waals surface area contributed by atoms with Gasteiger partial charge in [0.1, 0.15) is 6.10 Å². The molecule has 2 aromatic rings. The predicted molar refractivity (Wildman–Crippen MR) is 72.4 cm³/mol. The standard InChI is InChI=1S/C15H17FN2O/c1-10-5-3-7-13(14(10)16)19-15(11(2)17)12-6-4-8-18-9-12/h3-9,11,15H,17H2,1-2H3. The molecule has 0 bridgehead atoms. The van der Waals surface area contributed by atoms with Gasteiger partial charge in [0.2, 0.25) is 0 Å². The summed E-state index contributed by atoms with van der Waals surface area (Å²) in [5, 5.41) is 0. The zero-order valence-electron chi connectivity index (χ0n) is 11.0. The van der Waals surface area contributed by atoms with Crippen LogP contribution in [0.5, 0.6) is 5.75 Å². The third-order valence-corrected chi connectivity index (χ3v) is 2.90. The Morgan fingerprint density at radius 2 is 2.05 bits per heavy atom. The monoisotopic (exact) mass is 260 g/mol. The first kappa shape index (κ1) is 13.5. The van der Waals surface area contributed by atoms with E-state index in [1.807, 2.05) is 13.0 Å². The second-order valence-corrected chi connectivity index (χ2v) is 4.57. The molecule has 2 rings (SSSR count). The van der Waals surface area contributed by atoms with Crippen LogP contribution in [0.4, 0.5) is 4.39 Å². The molecule has 2 N–H and O–H groups in total. The average molecular weight is 260 g/mol. The van der Waals surface area contributed by atoms with Crippen LogP contribution in [0, 0.1) is 12.7 Å². The van der Waals surface area contributed by atoms with Gasteiger partial charge < -0.3 is 10.5 Å². The lowest BCUT2D eigenvalue weighted by Gasteiger charge is -2.23. The maximum atomic E-state index is 14.0. The molecule has 3 nitrogen and oxygen atoms in total. The quantitative estimate of drug-likeness (QED) is 0.919. The van der Waals surface area contributed by atoms with E-state index >= 15 is 0 Å². The summed E-state index contributed by atoms with van der Waals surface area (Å²) in [7, 11) is 0. The zero-order chi connectivity index (χ0) is 13.8. The minimum atomic E-state index is -0.426. The molecule has 4 heteroatoms. The van der Waals surface area contributed by atoms with Crippen LogP contribution in [-0.4, -0.2) is 11.0 Å². The molecule has 0 fully saturated rings. The Hall–Kier alpha value is -1.94. The number of aryl methyl sites for hydroxylation is 1. The number of nitrogens with two attached hydrogens (primary N) is 1. The Balaban J connectivity index is 2.30. The van der Waals surface area contributed by atoms with E-state index in [0.29, 0.717) is 5.56 Å². The predicted octanol–water partition coefficient (Wildman–Crippen LogP) is 3.00. The highest BCUT2D eigenvalue weighted by Crippen LogP contribution is 2.27. The van der Waals surface area contributed by atoms with Crippen molar-refractivity contribution in [2.45, 2.75) is 26.0 Å². The summed E-state index contributed by atoms with van der Waals surface area (Å²) in [4.78, 5) is 4.04. The van der Waals surface area contributed by atoms with Crippen molar-refractivity contribution in [1.29, 1.82) is 0 Å². The molecule has 0 saturated carbocycles. The minimum Gasteiger partial charge on any atom is -0.481 e. The van der Waals surface area contributed by atoms with Crippen molar-refractivity contribution in [3.8, 4) is 5.75 Å². The molecule has 100 valence electrons. The summed E-state index contributed by atoms with van der Waals surface area (Å²) in [6.45, 7) is 3.53. The van der Waals surface area contributed by atoms with Crippen molar-refractivity contribution >= 4 is 0 Å². The highest BCUT2D eigenvalue weighted by molar-refractivity contribution is 5.31. The van der Waals surface area contributed by atoms with E-state index in [4.69, 9.17) is 10.5 Å². The van der Waals surface area contributed by atoms with Gasteiger partial charge in [-0.15, -0.1) is 0 Å². The molecular formula is C15H17FN2O. The van der Waals surface area contributed by atoms with Crippen LogP contribution < -0.4 is 10.5 Å². The van der Waals surface area contributed by atoms with Crippen molar-refractivity contribution in [1.82, 2.24) is 4.98 Å². The SMILES string of the molecule is Cc1cccc(OC(c2cccnc2)C(C)N)c1F. The van der Waals surface area contributed by atoms with Crippen LogP contribution in [0.25, 0.3) is 0 Å². The number of hydrogen-bond acceptors (Lipinski definition) is 3. The second kappa shape index (κ2) is 5.80. The number of halogens is 1. The molecule has 0 aliphatic rings. The molecule has 2 unspecified atom stereocenters. The van der Waals surface area contributed by atoms with Gasteiger partial charge in [-0.1, -0.05) is 18.2 Å². The number of rotatable bonds is 4. The van der Waals surface area contributed by atoms with Crippen LogP contribution in [0.1, 0.15) is 24.2 Å². The van der Waals surface area contributed by atoms with Crippen LogP contribution >= 0.6 is 0 Å². The van der Waals surface area contributed by atoms with Gasteiger partial charge in [-0.3, -0.25) is 4.98 Å². The van der Waals surface area contributed by atoms with Gasteiger partial charge in [0, 0.05) is 24.0 Å². The summed E-state index contributed by atoms with van der Waals surface area (Å²) in [5.41, 5.74) is 7.31. The molecule has 1 heterocycles. The Labute approximate surface area is 112 Å². The first-order chi connectivity index (χ1) is 9.09. The number of aromatic nitrogens is 1. The van der Waals surface area contributed by atoms with Gasteiger partial charge in [0.05, 0.1) is 0 Å². The fourth-order valence-electron chi connectivity index (χ4n) is 1.87. The Kier molecular flexibility index (Phi) is 4.12. The van der Waals surface area contributed by atoms with Crippen molar-refractivity contribution < 1.29 is 9.13 Å². The molecule has 0 spiro atoms. The maximum Gasteiger partial charge on any atom is 0.167 e. The lowest BCUT2D eigenvalue weighted by atomic mass is 10.1. The fourth-order valence-corrected chi connectivity index (χ4v) is 1.87. The summed E-state index contributed by atoms with van der Waals surface area (Å²) >= 11 is 0. The van der Waals surface area contributed by atoms with E-state index < -0.39 is 6.10 Å². The van der Waals surface area contributed by atoms with Gasteiger partial charge in [0.15, 0.2) is 11.6 Å². The number of hydrogen-bond donors (Lipinski definition) is 1. The third kappa shape index (κ3) is 3.09. The van der Waals surface area contributed by atoms with Gasteiger partial charge >= 0.3 is 0 Å². The fraction of sp³-hybridized carbons (Fsp3) is 0.267. The first-order valence-corrected chi connectivity index (χ1v) is 6.17. The van der Waals surface area contributed by atoms with E-state index in [1.54, 1.807) is 43.6 Å². The molecule has 0 radical (unpaired) electrons. The maximum absolute atomic E-state index is 14.0. The Morgan fingerprint density at radius 1 is 1.26 bits per heavy atom. The molecule has 0 aliphatic carbocycles. The van der Waals surface area contributed by atoms with E-state index in [0.717, 1.165) is 5.56 Å². The first-order valence-electron chi connectivity index (χ1n) is 6.17. The van der Waals surface area contributed by atoms with E-state index in [2.05, 4.69) is 4.98 Å². The van der Waals surface area contributed by atoms with Crippen molar-refractivity contribution in [2.24, 2.45) is 5.73 Å². The largest absolute Gasteiger partial charge is 0.481 e. The average Bonchev–Trinajstić information content (AvgIpc) is 2.41. The zero-order valence-corrected chi connectivity index (χ0v) is 11.0. The van der Waals surface area contributed by atoms with E-state index in [-0.39, 0.29) is 17.6 Å². The van der Waals surface area contributed by atoms with Crippen LogP contribution in [0.15, 0.2) is 42.7 Å². The Morgan fingerprint density at radius 3 is 2.68 bits per heavy atom. The highest BCUT2D eigenvalue weighted by Gasteiger charge is 2.20. The van der Waals surface area contributed by atoms with Gasteiger partial charge in [-0.25, -0.2) is 4.39 Å². The topological polar surface area (TPSA) is 48.1 Å². The summed E-state index contributed by atoms with van der Waals surface area (Å²) < 4.78 is 19.7. The minimum absolute atomic E-state index is 0.214. The molecule has 0 amide bonds. The summed E-state index contributed by atoms with van der Waals surface area (Å²) in [6, 6.07) is 8.47. The second-order valence-electron chi connectivity index (χ2n) is 4.57. The molecule has 0 aliphatic heterocycles. The van der Waals surface area contributed by atoms with Gasteiger partial charge in [-0.2, -0.15) is 0 Å². The summed E-state index contributed by atoms with van der Waals surface area (Å²) in [5.74, 6) is -0.136. The number of nitrogens with zero attached hydrogens (tertiary/aromatic N) is 1. The molecule has 1 aromatic heterocycles. The molecular weight excluding hydrogens is 243 g/mol. The van der Waals surface area contributed by atoms with Crippen LogP contribution in [0.3, 0.4) is 0 Å². The molecule has 2 atom stereocenters. The van der Waals surface area contributed by atoms with Gasteiger partial charge in [-0.05, 0) is 31.5 Å². The van der Waals surface area contributed by atoms with E-state index in [1.165, 1.54) is 0 Å². The third-order valence-electron chi connectivity index (χ3n) is 2.90.